The van der Waals surface area contributed by atoms with Gasteiger partial charge in [-0.25, -0.2) is 0 Å². The van der Waals surface area contributed by atoms with Gasteiger partial charge in [0.25, 0.3) is 5.91 Å². The number of hydrogen-bond donors (Lipinski definition) is 1. The number of amides is 1. The maximum Gasteiger partial charge on any atom is 0.286 e. The van der Waals surface area contributed by atoms with E-state index in [0.29, 0.717) is 9.93 Å². The third-order valence-corrected chi connectivity index (χ3v) is 2.99. The highest BCUT2D eigenvalue weighted by molar-refractivity contribution is 8.18. The van der Waals surface area contributed by atoms with E-state index in [0.717, 1.165) is 17.3 Å². The smallest absolute Gasteiger partial charge is 0.286 e. The second-order valence-corrected chi connectivity index (χ2v) is 4.36. The molecule has 0 aliphatic carbocycles. The van der Waals surface area contributed by atoms with Gasteiger partial charge in [-0.2, -0.15) is 4.99 Å². The van der Waals surface area contributed by atoms with Crippen LogP contribution >= 0.6 is 23.4 Å². The zero-order valence-electron chi connectivity index (χ0n) is 7.61. The molecule has 1 aromatic carbocycles. The van der Waals surface area contributed by atoms with Gasteiger partial charge in [-0.15, -0.1) is 0 Å². The van der Waals surface area contributed by atoms with Crippen molar-refractivity contribution in [3.63, 3.8) is 0 Å². The molecule has 0 radical (unpaired) electrons. The van der Waals surface area contributed by atoms with E-state index in [1.807, 2.05) is 18.2 Å². The third kappa shape index (κ3) is 2.22. The molecule has 0 fully saturated rings. The van der Waals surface area contributed by atoms with E-state index >= 15 is 0 Å². The minimum absolute atomic E-state index is 0.276. The summed E-state index contributed by atoms with van der Waals surface area (Å²) < 4.78 is 0. The van der Waals surface area contributed by atoms with Gasteiger partial charge in [0.1, 0.15) is 0 Å². The van der Waals surface area contributed by atoms with Crippen LogP contribution in [0.1, 0.15) is 5.56 Å². The number of hydrogen-bond acceptors (Lipinski definition) is 3. The number of aliphatic imine (C=N–C) groups is 1. The Balaban J connectivity index is 2.33. The fourth-order valence-corrected chi connectivity index (χ4v) is 2.02. The number of rotatable bonds is 1. The zero-order chi connectivity index (χ0) is 10.8. The molecule has 0 saturated heterocycles. The van der Waals surface area contributed by atoms with Crippen molar-refractivity contribution < 1.29 is 4.79 Å². The van der Waals surface area contributed by atoms with E-state index in [4.69, 9.17) is 17.3 Å². The highest BCUT2D eigenvalue weighted by atomic mass is 35.5. The molecule has 1 heterocycles. The van der Waals surface area contributed by atoms with Crippen molar-refractivity contribution in [3.8, 4) is 0 Å². The lowest BCUT2D eigenvalue weighted by atomic mass is 10.2. The van der Waals surface area contributed by atoms with E-state index in [-0.39, 0.29) is 11.1 Å². The van der Waals surface area contributed by atoms with Crippen LogP contribution in [0.4, 0.5) is 0 Å². The first-order valence-corrected chi connectivity index (χ1v) is 5.39. The molecule has 2 N–H and O–H groups in total. The molecule has 3 nitrogen and oxygen atoms in total. The van der Waals surface area contributed by atoms with Crippen LogP contribution in [0.2, 0.25) is 5.02 Å². The molecule has 76 valence electrons. The Morgan fingerprint density at radius 3 is 2.73 bits per heavy atom. The van der Waals surface area contributed by atoms with Gasteiger partial charge in [-0.05, 0) is 29.5 Å². The molecule has 0 aromatic heterocycles. The summed E-state index contributed by atoms with van der Waals surface area (Å²) >= 11 is 7.11. The number of halogens is 1. The first kappa shape index (κ1) is 10.3. The Hall–Kier alpha value is -1.26. The largest absolute Gasteiger partial charge is 0.378 e. The van der Waals surface area contributed by atoms with Gasteiger partial charge in [0, 0.05) is 5.02 Å². The second kappa shape index (κ2) is 4.08. The first-order valence-electron chi connectivity index (χ1n) is 4.19. The summed E-state index contributed by atoms with van der Waals surface area (Å²) in [6, 6.07) is 7.28. The summed E-state index contributed by atoms with van der Waals surface area (Å²) in [5.74, 6) is -0.308. The summed E-state index contributed by atoms with van der Waals surface area (Å²) in [5, 5.41) is 0.877. The number of carbonyl (C=O) groups excluding carboxylic acids is 1. The molecule has 1 aromatic rings. The molecule has 0 spiro atoms. The minimum atomic E-state index is -0.308. The SMILES string of the molecule is NC1=NC(=O)/C(=C\c2ccccc2Cl)S1. The summed E-state index contributed by atoms with van der Waals surface area (Å²) in [5.41, 5.74) is 6.22. The van der Waals surface area contributed by atoms with Crippen LogP contribution in [0, 0.1) is 0 Å². The van der Waals surface area contributed by atoms with Crippen LogP contribution in [-0.4, -0.2) is 11.1 Å². The van der Waals surface area contributed by atoms with Gasteiger partial charge in [0.2, 0.25) is 0 Å². The van der Waals surface area contributed by atoms with Crippen molar-refractivity contribution in [1.82, 2.24) is 0 Å². The van der Waals surface area contributed by atoms with Crippen LogP contribution in [0.5, 0.6) is 0 Å². The van der Waals surface area contributed by atoms with Crippen LogP contribution in [-0.2, 0) is 4.79 Å². The summed E-state index contributed by atoms with van der Waals surface area (Å²) in [6.07, 6.45) is 1.69. The van der Waals surface area contributed by atoms with Gasteiger partial charge in [-0.3, -0.25) is 4.79 Å². The molecule has 0 bridgehead atoms. The van der Waals surface area contributed by atoms with Crippen molar-refractivity contribution in [2.24, 2.45) is 10.7 Å². The minimum Gasteiger partial charge on any atom is -0.378 e. The molecule has 1 aliphatic rings. The molecular formula is C10H7ClN2OS. The predicted molar refractivity (Wildman–Crippen MR) is 63.6 cm³/mol. The number of carbonyl (C=O) groups is 1. The topological polar surface area (TPSA) is 55.4 Å². The Labute approximate surface area is 96.0 Å². The lowest BCUT2D eigenvalue weighted by molar-refractivity contribution is -0.113. The third-order valence-electron chi connectivity index (χ3n) is 1.83. The van der Waals surface area contributed by atoms with E-state index in [2.05, 4.69) is 4.99 Å². The monoisotopic (exact) mass is 238 g/mol. The molecule has 5 heteroatoms. The number of nitrogens with two attached hydrogens (primary N) is 1. The van der Waals surface area contributed by atoms with Crippen LogP contribution in [0.15, 0.2) is 34.2 Å². The van der Waals surface area contributed by atoms with Crippen molar-refractivity contribution in [3.05, 3.63) is 39.8 Å². The lowest BCUT2D eigenvalue weighted by Crippen LogP contribution is -2.01. The van der Waals surface area contributed by atoms with Crippen molar-refractivity contribution in [2.45, 2.75) is 0 Å². The Bertz CT molecular complexity index is 482. The average Bonchev–Trinajstić information content (AvgIpc) is 2.49. The normalized spacial score (nSPS) is 18.3. The Morgan fingerprint density at radius 2 is 2.13 bits per heavy atom. The van der Waals surface area contributed by atoms with E-state index in [9.17, 15) is 4.79 Å². The fourth-order valence-electron chi connectivity index (χ4n) is 1.16. The van der Waals surface area contributed by atoms with Crippen LogP contribution in [0.25, 0.3) is 6.08 Å². The van der Waals surface area contributed by atoms with Crippen molar-refractivity contribution >= 4 is 40.5 Å². The number of amidine groups is 1. The molecule has 0 atom stereocenters. The summed E-state index contributed by atoms with van der Waals surface area (Å²) in [6.45, 7) is 0. The zero-order valence-corrected chi connectivity index (χ0v) is 9.18. The van der Waals surface area contributed by atoms with Crippen molar-refractivity contribution in [1.29, 1.82) is 0 Å². The summed E-state index contributed by atoms with van der Waals surface area (Å²) in [4.78, 5) is 15.4. The lowest BCUT2D eigenvalue weighted by Gasteiger charge is -1.97. The molecule has 2 rings (SSSR count). The highest BCUT2D eigenvalue weighted by Crippen LogP contribution is 2.28. The number of nitrogens with zero attached hydrogens (tertiary/aromatic N) is 1. The molecule has 0 saturated carbocycles. The van der Waals surface area contributed by atoms with E-state index in [1.54, 1.807) is 12.1 Å². The average molecular weight is 239 g/mol. The highest BCUT2D eigenvalue weighted by Gasteiger charge is 2.19. The van der Waals surface area contributed by atoms with Gasteiger partial charge in [-0.1, -0.05) is 29.8 Å². The predicted octanol–water partition coefficient (Wildman–Crippen LogP) is 2.27. The Kier molecular flexibility index (Phi) is 2.79. The quantitative estimate of drug-likeness (QED) is 0.764. The van der Waals surface area contributed by atoms with Crippen LogP contribution < -0.4 is 5.73 Å². The maximum atomic E-state index is 11.3. The number of thioether (sulfide) groups is 1. The molecule has 1 aliphatic heterocycles. The molecule has 0 unspecified atom stereocenters. The number of benzene rings is 1. The Morgan fingerprint density at radius 1 is 1.40 bits per heavy atom. The van der Waals surface area contributed by atoms with Gasteiger partial charge in [0.15, 0.2) is 5.17 Å². The molecule has 15 heavy (non-hydrogen) atoms. The van der Waals surface area contributed by atoms with Gasteiger partial charge in [0.05, 0.1) is 4.91 Å². The second-order valence-electron chi connectivity index (χ2n) is 2.89. The first-order chi connectivity index (χ1) is 7.16. The van der Waals surface area contributed by atoms with Gasteiger partial charge < -0.3 is 5.73 Å². The van der Waals surface area contributed by atoms with E-state index in [1.165, 1.54) is 0 Å². The van der Waals surface area contributed by atoms with Crippen molar-refractivity contribution in [2.75, 3.05) is 0 Å². The molecule has 1 amide bonds. The van der Waals surface area contributed by atoms with E-state index < -0.39 is 0 Å². The fraction of sp³-hybridized carbons (Fsp3) is 0. The maximum absolute atomic E-state index is 11.3. The van der Waals surface area contributed by atoms with Crippen LogP contribution in [0.3, 0.4) is 0 Å². The molecular weight excluding hydrogens is 232 g/mol. The summed E-state index contributed by atoms with van der Waals surface area (Å²) in [7, 11) is 0. The standard InChI is InChI=1S/C10H7ClN2OS/c11-7-4-2-1-3-6(7)5-8-9(14)13-10(12)15-8/h1-5H,(H2,12,13,14)/b8-5+. The van der Waals surface area contributed by atoms with Gasteiger partial charge >= 0.3 is 0 Å².